The summed E-state index contributed by atoms with van der Waals surface area (Å²) < 4.78 is 13.8. The molecule has 0 aliphatic rings. The van der Waals surface area contributed by atoms with Crippen molar-refractivity contribution in [3.05, 3.63) is 35.1 Å². The van der Waals surface area contributed by atoms with Gasteiger partial charge in [0.05, 0.1) is 6.10 Å². The van der Waals surface area contributed by atoms with Gasteiger partial charge in [0, 0.05) is 5.56 Å². The lowest BCUT2D eigenvalue weighted by Crippen LogP contribution is -2.26. The van der Waals surface area contributed by atoms with E-state index in [0.29, 0.717) is 12.8 Å². The maximum Gasteiger partial charge on any atom is 0.325 e. The molecule has 18 heavy (non-hydrogen) atoms. The molecule has 100 valence electrons. The second-order valence-corrected chi connectivity index (χ2v) is 4.30. The first-order chi connectivity index (χ1) is 8.45. The van der Waals surface area contributed by atoms with Crippen molar-refractivity contribution in [2.45, 2.75) is 31.9 Å². The molecule has 0 saturated heterocycles. The molecule has 3 N–H and O–H groups in total. The lowest BCUT2D eigenvalue weighted by Gasteiger charge is -2.13. The van der Waals surface area contributed by atoms with Gasteiger partial charge in [-0.2, -0.15) is 0 Å². The number of carboxylic acid groups (broad SMARTS) is 1. The number of likely N-dealkylation sites (N-methyl/N-ethyl adjacent to an activating group) is 1. The third kappa shape index (κ3) is 3.78. The number of carboxylic acids is 1. The molecule has 2 atom stereocenters. The van der Waals surface area contributed by atoms with Crippen LogP contribution in [-0.4, -0.2) is 29.3 Å². The van der Waals surface area contributed by atoms with E-state index in [4.69, 9.17) is 10.2 Å². The first kappa shape index (κ1) is 14.6. The molecule has 0 fully saturated rings. The van der Waals surface area contributed by atoms with Gasteiger partial charge in [-0.1, -0.05) is 12.1 Å². The molecule has 4 nitrogen and oxygen atoms in total. The van der Waals surface area contributed by atoms with E-state index in [1.807, 2.05) is 0 Å². The van der Waals surface area contributed by atoms with Crippen molar-refractivity contribution in [2.75, 3.05) is 7.05 Å². The number of aliphatic carboxylic acids is 1. The predicted octanol–water partition coefficient (Wildman–Crippen LogP) is 1.48. The van der Waals surface area contributed by atoms with Crippen molar-refractivity contribution in [3.8, 4) is 0 Å². The molecule has 0 aliphatic carbocycles. The Labute approximate surface area is 105 Å². The van der Waals surface area contributed by atoms with Crippen molar-refractivity contribution < 1.29 is 19.4 Å². The highest BCUT2D eigenvalue weighted by Crippen LogP contribution is 2.19. The zero-order valence-electron chi connectivity index (χ0n) is 10.5. The second-order valence-electron chi connectivity index (χ2n) is 4.30. The minimum Gasteiger partial charge on any atom is -0.480 e. The summed E-state index contributed by atoms with van der Waals surface area (Å²) in [6.45, 7) is 1.67. The van der Waals surface area contributed by atoms with Gasteiger partial charge in [0.2, 0.25) is 0 Å². The molecule has 2 unspecified atom stereocenters. The van der Waals surface area contributed by atoms with Gasteiger partial charge in [0.1, 0.15) is 11.9 Å². The number of nitrogens with one attached hydrogen (secondary N) is 1. The average molecular weight is 255 g/mol. The second kappa shape index (κ2) is 6.47. The van der Waals surface area contributed by atoms with Crippen LogP contribution in [0, 0.1) is 5.82 Å². The van der Waals surface area contributed by atoms with Crippen molar-refractivity contribution >= 4 is 5.97 Å². The van der Waals surface area contributed by atoms with Gasteiger partial charge in [-0.15, -0.1) is 0 Å². The van der Waals surface area contributed by atoms with Crippen LogP contribution in [0.1, 0.15) is 30.5 Å². The van der Waals surface area contributed by atoms with Crippen LogP contribution in [0.2, 0.25) is 0 Å². The predicted molar refractivity (Wildman–Crippen MR) is 65.8 cm³/mol. The zero-order chi connectivity index (χ0) is 13.7. The Morgan fingerprint density at radius 2 is 2.17 bits per heavy atom. The third-order valence-corrected chi connectivity index (χ3v) is 2.76. The molecule has 0 aromatic heterocycles. The highest BCUT2D eigenvalue weighted by molar-refractivity contribution is 5.75. The van der Waals surface area contributed by atoms with Gasteiger partial charge in [0.25, 0.3) is 0 Å². The largest absolute Gasteiger partial charge is 0.480 e. The van der Waals surface area contributed by atoms with E-state index < -0.39 is 23.9 Å². The highest BCUT2D eigenvalue weighted by atomic mass is 19.1. The molecule has 0 heterocycles. The molecule has 0 saturated carbocycles. The van der Waals surface area contributed by atoms with E-state index in [-0.39, 0.29) is 5.56 Å². The number of aryl methyl sites for hydroxylation is 1. The Morgan fingerprint density at radius 3 is 2.61 bits per heavy atom. The SMILES string of the molecule is CNC(C(=O)O)c1ccc(CCC(C)O)cc1F. The number of halogens is 1. The van der Waals surface area contributed by atoms with Crippen LogP contribution in [0.3, 0.4) is 0 Å². The van der Waals surface area contributed by atoms with Crippen molar-refractivity contribution in [3.63, 3.8) is 0 Å². The van der Waals surface area contributed by atoms with Crippen LogP contribution >= 0.6 is 0 Å². The lowest BCUT2D eigenvalue weighted by molar-refractivity contribution is -0.139. The van der Waals surface area contributed by atoms with E-state index in [2.05, 4.69) is 5.32 Å². The summed E-state index contributed by atoms with van der Waals surface area (Å²) in [5.41, 5.74) is 0.864. The normalized spacial score (nSPS) is 14.2. The third-order valence-electron chi connectivity index (χ3n) is 2.76. The summed E-state index contributed by atoms with van der Waals surface area (Å²) in [5, 5.41) is 20.6. The number of carbonyl (C=O) groups is 1. The van der Waals surface area contributed by atoms with Crippen LogP contribution in [-0.2, 0) is 11.2 Å². The minimum atomic E-state index is -1.12. The lowest BCUT2D eigenvalue weighted by atomic mass is 10.0. The first-order valence-electron chi connectivity index (χ1n) is 5.82. The smallest absolute Gasteiger partial charge is 0.325 e. The van der Waals surface area contributed by atoms with E-state index in [9.17, 15) is 9.18 Å². The molecule has 1 rings (SSSR count). The summed E-state index contributed by atoms with van der Waals surface area (Å²) in [4.78, 5) is 10.9. The van der Waals surface area contributed by atoms with Gasteiger partial charge in [-0.25, -0.2) is 4.39 Å². The van der Waals surface area contributed by atoms with E-state index in [1.54, 1.807) is 13.0 Å². The summed E-state index contributed by atoms with van der Waals surface area (Å²) in [6, 6.07) is 3.44. The Hall–Kier alpha value is -1.46. The number of hydrogen-bond acceptors (Lipinski definition) is 3. The summed E-state index contributed by atoms with van der Waals surface area (Å²) in [6.07, 6.45) is 0.677. The van der Waals surface area contributed by atoms with Gasteiger partial charge >= 0.3 is 5.97 Å². The molecule has 0 spiro atoms. The Kier molecular flexibility index (Phi) is 5.25. The van der Waals surface area contributed by atoms with E-state index >= 15 is 0 Å². The number of aliphatic hydroxyl groups is 1. The Morgan fingerprint density at radius 1 is 1.50 bits per heavy atom. The molecule has 1 aromatic rings. The van der Waals surface area contributed by atoms with E-state index in [0.717, 1.165) is 5.56 Å². The van der Waals surface area contributed by atoms with Crippen molar-refractivity contribution in [2.24, 2.45) is 0 Å². The Bertz CT molecular complexity index is 421. The van der Waals surface area contributed by atoms with Crippen LogP contribution in [0.15, 0.2) is 18.2 Å². The maximum atomic E-state index is 13.8. The molecule has 5 heteroatoms. The fourth-order valence-corrected chi connectivity index (χ4v) is 1.75. The number of benzene rings is 1. The monoisotopic (exact) mass is 255 g/mol. The summed E-state index contributed by atoms with van der Waals surface area (Å²) >= 11 is 0. The van der Waals surface area contributed by atoms with Gasteiger partial charge in [-0.3, -0.25) is 4.79 Å². The maximum absolute atomic E-state index is 13.8. The first-order valence-corrected chi connectivity index (χ1v) is 5.82. The van der Waals surface area contributed by atoms with Gasteiger partial charge in [0.15, 0.2) is 0 Å². The molecular weight excluding hydrogens is 237 g/mol. The van der Waals surface area contributed by atoms with E-state index in [1.165, 1.54) is 19.2 Å². The molecule has 0 bridgehead atoms. The number of hydrogen-bond donors (Lipinski definition) is 3. The molecule has 0 radical (unpaired) electrons. The fourth-order valence-electron chi connectivity index (χ4n) is 1.75. The molecule has 0 aliphatic heterocycles. The standard InChI is InChI=1S/C13H18FNO3/c1-8(16)3-4-9-5-6-10(11(14)7-9)12(15-2)13(17)18/h5-8,12,15-16H,3-4H2,1-2H3,(H,17,18). The molecular formula is C13H18FNO3. The van der Waals surface area contributed by atoms with Crippen LogP contribution < -0.4 is 5.32 Å². The number of aliphatic hydroxyl groups excluding tert-OH is 1. The van der Waals surface area contributed by atoms with Crippen LogP contribution in [0.5, 0.6) is 0 Å². The average Bonchev–Trinajstić information content (AvgIpc) is 2.29. The topological polar surface area (TPSA) is 69.6 Å². The van der Waals surface area contributed by atoms with Crippen molar-refractivity contribution in [1.82, 2.24) is 5.32 Å². The number of rotatable bonds is 6. The minimum absolute atomic E-state index is 0.116. The molecule has 0 amide bonds. The fraction of sp³-hybridized carbons (Fsp3) is 0.462. The van der Waals surface area contributed by atoms with Crippen LogP contribution in [0.4, 0.5) is 4.39 Å². The summed E-state index contributed by atoms with van der Waals surface area (Å²) in [5.74, 6) is -1.66. The Balaban J connectivity index is 2.88. The van der Waals surface area contributed by atoms with Gasteiger partial charge < -0.3 is 15.5 Å². The van der Waals surface area contributed by atoms with Crippen LogP contribution in [0.25, 0.3) is 0 Å². The quantitative estimate of drug-likeness (QED) is 0.720. The van der Waals surface area contributed by atoms with Gasteiger partial charge in [-0.05, 0) is 38.4 Å². The zero-order valence-corrected chi connectivity index (χ0v) is 10.5. The summed E-state index contributed by atoms with van der Waals surface area (Å²) in [7, 11) is 1.47. The highest BCUT2D eigenvalue weighted by Gasteiger charge is 2.21. The van der Waals surface area contributed by atoms with Crippen molar-refractivity contribution in [1.29, 1.82) is 0 Å². The molecule has 1 aromatic carbocycles.